The molecule has 0 spiro atoms. The van der Waals surface area contributed by atoms with Crippen LogP contribution in [0, 0.1) is 0 Å². The summed E-state index contributed by atoms with van der Waals surface area (Å²) in [5.74, 6) is 0.583. The third-order valence-electron chi connectivity index (χ3n) is 3.05. The summed E-state index contributed by atoms with van der Waals surface area (Å²) in [6, 6.07) is 18.5. The van der Waals surface area contributed by atoms with Gasteiger partial charge in [0.2, 0.25) is 0 Å². The Hall–Kier alpha value is -1.02. The first-order chi connectivity index (χ1) is 9.29. The van der Waals surface area contributed by atoms with Gasteiger partial charge in [-0.2, -0.15) is 0 Å². The van der Waals surface area contributed by atoms with Gasteiger partial charge in [0.05, 0.1) is 0 Å². The van der Waals surface area contributed by atoms with Gasteiger partial charge in [-0.15, -0.1) is 11.6 Å². The standard InChI is InChI=1S/C16H17Cl2N/c17-11-15(10-13-6-2-1-3-7-13)19-12-14-8-4-5-9-16(14)18/h1-9,15,19H,10-12H2. The van der Waals surface area contributed by atoms with Crippen molar-refractivity contribution in [1.82, 2.24) is 5.32 Å². The van der Waals surface area contributed by atoms with Gasteiger partial charge in [0.15, 0.2) is 0 Å². The van der Waals surface area contributed by atoms with Crippen molar-refractivity contribution in [2.45, 2.75) is 19.0 Å². The summed E-state index contributed by atoms with van der Waals surface area (Å²) in [4.78, 5) is 0. The molecule has 0 amide bonds. The van der Waals surface area contributed by atoms with Gasteiger partial charge >= 0.3 is 0 Å². The Bertz CT molecular complexity index is 499. The van der Waals surface area contributed by atoms with E-state index in [2.05, 4.69) is 29.6 Å². The van der Waals surface area contributed by atoms with E-state index in [4.69, 9.17) is 23.2 Å². The van der Waals surface area contributed by atoms with E-state index >= 15 is 0 Å². The quantitative estimate of drug-likeness (QED) is 0.784. The highest BCUT2D eigenvalue weighted by molar-refractivity contribution is 6.31. The van der Waals surface area contributed by atoms with Gasteiger partial charge < -0.3 is 5.32 Å². The van der Waals surface area contributed by atoms with Crippen LogP contribution < -0.4 is 5.32 Å². The highest BCUT2D eigenvalue weighted by Crippen LogP contribution is 2.15. The van der Waals surface area contributed by atoms with E-state index in [1.54, 1.807) is 0 Å². The molecule has 1 atom stereocenters. The van der Waals surface area contributed by atoms with E-state index < -0.39 is 0 Å². The van der Waals surface area contributed by atoms with E-state index in [9.17, 15) is 0 Å². The maximum atomic E-state index is 6.14. The number of benzene rings is 2. The Labute approximate surface area is 124 Å². The molecule has 2 aromatic rings. The van der Waals surface area contributed by atoms with Crippen LogP contribution in [-0.4, -0.2) is 11.9 Å². The number of alkyl halides is 1. The van der Waals surface area contributed by atoms with Crippen LogP contribution in [0.5, 0.6) is 0 Å². The first-order valence-electron chi connectivity index (χ1n) is 6.36. The van der Waals surface area contributed by atoms with Crippen molar-refractivity contribution in [2.24, 2.45) is 0 Å². The molecule has 2 aromatic carbocycles. The molecular weight excluding hydrogens is 277 g/mol. The topological polar surface area (TPSA) is 12.0 Å². The Morgan fingerprint density at radius 2 is 1.63 bits per heavy atom. The fraction of sp³-hybridized carbons (Fsp3) is 0.250. The summed E-state index contributed by atoms with van der Waals surface area (Å²) in [7, 11) is 0. The fourth-order valence-corrected chi connectivity index (χ4v) is 2.40. The summed E-state index contributed by atoms with van der Waals surface area (Å²) in [5.41, 5.74) is 2.40. The first kappa shape index (κ1) is 14.4. The molecule has 100 valence electrons. The lowest BCUT2D eigenvalue weighted by atomic mass is 10.1. The molecule has 1 N–H and O–H groups in total. The van der Waals surface area contributed by atoms with Crippen LogP contribution in [0.1, 0.15) is 11.1 Å². The van der Waals surface area contributed by atoms with Gasteiger partial charge in [-0.3, -0.25) is 0 Å². The monoisotopic (exact) mass is 293 g/mol. The minimum Gasteiger partial charge on any atom is -0.308 e. The highest BCUT2D eigenvalue weighted by atomic mass is 35.5. The molecule has 0 heterocycles. The van der Waals surface area contributed by atoms with Crippen molar-refractivity contribution in [1.29, 1.82) is 0 Å². The first-order valence-corrected chi connectivity index (χ1v) is 7.27. The second-order valence-electron chi connectivity index (χ2n) is 4.51. The minimum absolute atomic E-state index is 0.250. The third-order valence-corrected chi connectivity index (χ3v) is 3.79. The number of hydrogen-bond donors (Lipinski definition) is 1. The van der Waals surface area contributed by atoms with Crippen molar-refractivity contribution >= 4 is 23.2 Å². The summed E-state index contributed by atoms with van der Waals surface area (Å²) in [6.07, 6.45) is 0.925. The van der Waals surface area contributed by atoms with E-state index in [-0.39, 0.29) is 6.04 Å². The predicted molar refractivity (Wildman–Crippen MR) is 82.9 cm³/mol. The van der Waals surface area contributed by atoms with E-state index in [1.807, 2.05) is 30.3 Å². The molecule has 0 saturated heterocycles. The van der Waals surface area contributed by atoms with Crippen LogP contribution in [-0.2, 0) is 13.0 Å². The second-order valence-corrected chi connectivity index (χ2v) is 5.23. The molecule has 0 aliphatic carbocycles. The average Bonchev–Trinajstić information content (AvgIpc) is 2.46. The molecule has 19 heavy (non-hydrogen) atoms. The van der Waals surface area contributed by atoms with Crippen LogP contribution in [0.25, 0.3) is 0 Å². The highest BCUT2D eigenvalue weighted by Gasteiger charge is 2.08. The van der Waals surface area contributed by atoms with Crippen molar-refractivity contribution in [3.8, 4) is 0 Å². The molecule has 1 nitrogen and oxygen atoms in total. The third kappa shape index (κ3) is 4.54. The largest absolute Gasteiger partial charge is 0.308 e. The Kier molecular flexibility index (Phi) is 5.71. The van der Waals surface area contributed by atoms with Crippen LogP contribution >= 0.6 is 23.2 Å². The zero-order chi connectivity index (χ0) is 13.5. The number of hydrogen-bond acceptors (Lipinski definition) is 1. The molecule has 0 aliphatic heterocycles. The molecule has 0 saturated carbocycles. The summed E-state index contributed by atoms with van der Waals surface area (Å²) >= 11 is 12.2. The predicted octanol–water partition coefficient (Wildman–Crippen LogP) is 4.28. The molecule has 0 aliphatic rings. The lowest BCUT2D eigenvalue weighted by Gasteiger charge is -2.16. The van der Waals surface area contributed by atoms with Crippen molar-refractivity contribution in [3.63, 3.8) is 0 Å². The molecule has 0 bridgehead atoms. The summed E-state index contributed by atoms with van der Waals surface area (Å²) in [6.45, 7) is 0.740. The number of rotatable bonds is 6. The fourth-order valence-electron chi connectivity index (χ4n) is 1.98. The molecule has 0 aromatic heterocycles. The zero-order valence-electron chi connectivity index (χ0n) is 10.7. The SMILES string of the molecule is ClCC(Cc1ccccc1)NCc1ccccc1Cl. The van der Waals surface area contributed by atoms with Crippen LogP contribution in [0.15, 0.2) is 54.6 Å². The van der Waals surface area contributed by atoms with Crippen LogP contribution in [0.3, 0.4) is 0 Å². The smallest absolute Gasteiger partial charge is 0.0450 e. The normalized spacial score (nSPS) is 12.3. The van der Waals surface area contributed by atoms with Crippen LogP contribution in [0.2, 0.25) is 5.02 Å². The van der Waals surface area contributed by atoms with Gasteiger partial charge in [0.1, 0.15) is 0 Å². The lowest BCUT2D eigenvalue weighted by Crippen LogP contribution is -2.32. The van der Waals surface area contributed by atoms with E-state index in [1.165, 1.54) is 5.56 Å². The Morgan fingerprint density at radius 1 is 0.947 bits per heavy atom. The second kappa shape index (κ2) is 7.54. The van der Waals surface area contributed by atoms with Gasteiger partial charge in [0.25, 0.3) is 0 Å². The molecule has 3 heteroatoms. The minimum atomic E-state index is 0.250. The molecule has 2 rings (SSSR count). The van der Waals surface area contributed by atoms with E-state index in [0.29, 0.717) is 5.88 Å². The molecular formula is C16H17Cl2N. The van der Waals surface area contributed by atoms with Gasteiger partial charge in [-0.1, -0.05) is 60.1 Å². The number of halogens is 2. The van der Waals surface area contributed by atoms with Gasteiger partial charge in [0, 0.05) is 23.5 Å². The Morgan fingerprint density at radius 3 is 2.32 bits per heavy atom. The molecule has 0 radical (unpaired) electrons. The maximum Gasteiger partial charge on any atom is 0.0450 e. The van der Waals surface area contributed by atoms with Crippen molar-refractivity contribution < 1.29 is 0 Å². The van der Waals surface area contributed by atoms with Gasteiger partial charge in [-0.05, 0) is 23.6 Å². The Balaban J connectivity index is 1.91. The van der Waals surface area contributed by atoms with Crippen molar-refractivity contribution in [3.05, 3.63) is 70.7 Å². The molecule has 1 unspecified atom stereocenters. The lowest BCUT2D eigenvalue weighted by molar-refractivity contribution is 0.550. The molecule has 0 fully saturated rings. The zero-order valence-corrected chi connectivity index (χ0v) is 12.2. The van der Waals surface area contributed by atoms with E-state index in [0.717, 1.165) is 23.6 Å². The van der Waals surface area contributed by atoms with Crippen LogP contribution in [0.4, 0.5) is 0 Å². The summed E-state index contributed by atoms with van der Waals surface area (Å²) < 4.78 is 0. The summed E-state index contributed by atoms with van der Waals surface area (Å²) in [5, 5.41) is 4.25. The van der Waals surface area contributed by atoms with Crippen molar-refractivity contribution in [2.75, 3.05) is 5.88 Å². The average molecular weight is 294 g/mol. The maximum absolute atomic E-state index is 6.14. The van der Waals surface area contributed by atoms with Gasteiger partial charge in [-0.25, -0.2) is 0 Å². The number of nitrogens with one attached hydrogen (secondary N) is 1.